The molecule has 0 radical (unpaired) electrons. The van der Waals surface area contributed by atoms with Crippen LogP contribution in [0.15, 0.2) is 24.3 Å². The summed E-state index contributed by atoms with van der Waals surface area (Å²) in [7, 11) is 0. The number of hydrogen-bond acceptors (Lipinski definition) is 1. The Morgan fingerprint density at radius 3 is 2.57 bits per heavy atom. The van der Waals surface area contributed by atoms with Crippen molar-refractivity contribution >= 4 is 11.6 Å². The fraction of sp³-hybridized carbons (Fsp3) is 0.500. The summed E-state index contributed by atoms with van der Waals surface area (Å²) in [6, 6.07) is 7.68. The van der Waals surface area contributed by atoms with Gasteiger partial charge in [0.2, 0.25) is 0 Å². The van der Waals surface area contributed by atoms with E-state index in [-0.39, 0.29) is 6.10 Å². The molecule has 0 saturated carbocycles. The molecule has 0 spiro atoms. The van der Waals surface area contributed by atoms with E-state index in [2.05, 4.69) is 13.8 Å². The summed E-state index contributed by atoms with van der Waals surface area (Å²) in [6.07, 6.45) is 1.35. The van der Waals surface area contributed by atoms with Crippen molar-refractivity contribution in [1.82, 2.24) is 0 Å². The highest BCUT2D eigenvalue weighted by Gasteiger charge is 2.13. The second kappa shape index (κ2) is 5.38. The molecular weight excluding hydrogens is 196 g/mol. The lowest BCUT2D eigenvalue weighted by Gasteiger charge is -2.17. The molecule has 0 aliphatic carbocycles. The quantitative estimate of drug-likeness (QED) is 0.812. The van der Waals surface area contributed by atoms with Crippen LogP contribution in [0.3, 0.4) is 0 Å². The molecule has 14 heavy (non-hydrogen) atoms. The van der Waals surface area contributed by atoms with Crippen molar-refractivity contribution in [2.45, 2.75) is 32.8 Å². The van der Waals surface area contributed by atoms with Crippen LogP contribution in [0.2, 0.25) is 5.02 Å². The van der Waals surface area contributed by atoms with Gasteiger partial charge in [-0.15, -0.1) is 0 Å². The molecule has 0 aromatic heterocycles. The second-order valence-electron chi connectivity index (χ2n) is 3.75. The lowest BCUT2D eigenvalue weighted by atomic mass is 9.96. The summed E-state index contributed by atoms with van der Waals surface area (Å²) in [5.74, 6) is 0.325. The van der Waals surface area contributed by atoms with Gasteiger partial charge in [0, 0.05) is 11.4 Å². The Hall–Kier alpha value is -0.530. The predicted molar refractivity (Wildman–Crippen MR) is 60.6 cm³/mol. The maximum atomic E-state index is 9.84. The van der Waals surface area contributed by atoms with Gasteiger partial charge in [0.25, 0.3) is 0 Å². The Morgan fingerprint density at radius 2 is 2.00 bits per heavy atom. The summed E-state index contributed by atoms with van der Waals surface area (Å²) in [4.78, 5) is 0. The van der Waals surface area contributed by atoms with E-state index in [0.717, 1.165) is 17.0 Å². The van der Waals surface area contributed by atoms with Crippen LogP contribution in [-0.2, 0) is 6.42 Å². The summed E-state index contributed by atoms with van der Waals surface area (Å²) < 4.78 is 0. The number of aliphatic hydroxyl groups excluding tert-OH is 1. The van der Waals surface area contributed by atoms with Crippen molar-refractivity contribution in [3.8, 4) is 0 Å². The highest BCUT2D eigenvalue weighted by atomic mass is 35.5. The van der Waals surface area contributed by atoms with Crippen LogP contribution < -0.4 is 0 Å². The van der Waals surface area contributed by atoms with Crippen LogP contribution in [0.1, 0.15) is 25.8 Å². The monoisotopic (exact) mass is 212 g/mol. The fourth-order valence-electron chi connectivity index (χ4n) is 1.36. The number of rotatable bonds is 4. The Kier molecular flexibility index (Phi) is 4.43. The van der Waals surface area contributed by atoms with Crippen molar-refractivity contribution in [1.29, 1.82) is 0 Å². The minimum absolute atomic E-state index is 0.292. The highest BCUT2D eigenvalue weighted by Crippen LogP contribution is 2.19. The molecule has 0 bridgehead atoms. The van der Waals surface area contributed by atoms with Crippen LogP contribution in [-0.4, -0.2) is 11.2 Å². The Morgan fingerprint density at radius 1 is 1.36 bits per heavy atom. The number of hydrogen-bond donors (Lipinski definition) is 1. The lowest BCUT2D eigenvalue weighted by molar-refractivity contribution is 0.115. The van der Waals surface area contributed by atoms with Gasteiger partial charge in [-0.25, -0.2) is 0 Å². The molecule has 0 aliphatic heterocycles. The Labute approximate surface area is 90.7 Å². The summed E-state index contributed by atoms with van der Waals surface area (Å²) in [5, 5.41) is 10.6. The lowest BCUT2D eigenvalue weighted by Crippen LogP contribution is -2.19. The van der Waals surface area contributed by atoms with Gasteiger partial charge in [-0.05, 0) is 17.5 Å². The molecule has 0 saturated heterocycles. The van der Waals surface area contributed by atoms with E-state index in [1.165, 1.54) is 0 Å². The fourth-order valence-corrected chi connectivity index (χ4v) is 1.58. The summed E-state index contributed by atoms with van der Waals surface area (Å²) in [5.41, 5.74) is 1.03. The van der Waals surface area contributed by atoms with E-state index in [4.69, 9.17) is 11.6 Å². The zero-order valence-corrected chi connectivity index (χ0v) is 9.46. The average molecular weight is 213 g/mol. The zero-order chi connectivity index (χ0) is 10.6. The standard InChI is InChI=1S/C12H17ClO/c1-3-9(2)12(14)8-10-6-4-5-7-11(10)13/h4-7,9,12,14H,3,8H2,1-2H3. The third-order valence-corrected chi connectivity index (χ3v) is 3.06. The van der Waals surface area contributed by atoms with Gasteiger partial charge in [0.15, 0.2) is 0 Å². The number of aliphatic hydroxyl groups is 1. The third kappa shape index (κ3) is 3.00. The molecule has 1 nitrogen and oxygen atoms in total. The van der Waals surface area contributed by atoms with Crippen molar-refractivity contribution in [2.24, 2.45) is 5.92 Å². The normalized spacial score (nSPS) is 15.1. The van der Waals surface area contributed by atoms with E-state index in [0.29, 0.717) is 12.3 Å². The van der Waals surface area contributed by atoms with Crippen LogP contribution in [0.25, 0.3) is 0 Å². The molecule has 0 amide bonds. The van der Waals surface area contributed by atoms with E-state index < -0.39 is 0 Å². The molecule has 1 aromatic carbocycles. The Bertz CT molecular complexity index is 285. The SMILES string of the molecule is CCC(C)C(O)Cc1ccccc1Cl. The van der Waals surface area contributed by atoms with Gasteiger partial charge in [-0.3, -0.25) is 0 Å². The molecule has 0 aliphatic rings. The van der Waals surface area contributed by atoms with Crippen LogP contribution in [0.4, 0.5) is 0 Å². The predicted octanol–water partition coefficient (Wildman–Crippen LogP) is 3.29. The molecule has 2 atom stereocenters. The van der Waals surface area contributed by atoms with E-state index in [9.17, 15) is 5.11 Å². The average Bonchev–Trinajstić information content (AvgIpc) is 2.20. The van der Waals surface area contributed by atoms with E-state index >= 15 is 0 Å². The summed E-state index contributed by atoms with van der Waals surface area (Å²) >= 11 is 6.01. The minimum Gasteiger partial charge on any atom is -0.393 e. The first-order chi connectivity index (χ1) is 6.65. The van der Waals surface area contributed by atoms with Crippen LogP contribution in [0, 0.1) is 5.92 Å². The molecular formula is C12H17ClO. The molecule has 1 N–H and O–H groups in total. The minimum atomic E-state index is -0.292. The Balaban J connectivity index is 2.64. The molecule has 2 unspecified atom stereocenters. The third-order valence-electron chi connectivity index (χ3n) is 2.69. The van der Waals surface area contributed by atoms with E-state index in [1.807, 2.05) is 24.3 Å². The van der Waals surface area contributed by atoms with Crippen molar-refractivity contribution < 1.29 is 5.11 Å². The second-order valence-corrected chi connectivity index (χ2v) is 4.16. The molecule has 78 valence electrons. The molecule has 1 rings (SSSR count). The maximum absolute atomic E-state index is 9.84. The van der Waals surface area contributed by atoms with Crippen molar-refractivity contribution in [3.05, 3.63) is 34.9 Å². The number of benzene rings is 1. The first-order valence-electron chi connectivity index (χ1n) is 5.06. The highest BCUT2D eigenvalue weighted by molar-refractivity contribution is 6.31. The van der Waals surface area contributed by atoms with Gasteiger partial charge >= 0.3 is 0 Å². The zero-order valence-electron chi connectivity index (χ0n) is 8.70. The van der Waals surface area contributed by atoms with Gasteiger partial charge in [-0.2, -0.15) is 0 Å². The van der Waals surface area contributed by atoms with E-state index in [1.54, 1.807) is 0 Å². The van der Waals surface area contributed by atoms with Crippen LogP contribution in [0.5, 0.6) is 0 Å². The van der Waals surface area contributed by atoms with Gasteiger partial charge in [0.05, 0.1) is 6.10 Å². The van der Waals surface area contributed by atoms with Crippen LogP contribution >= 0.6 is 11.6 Å². The smallest absolute Gasteiger partial charge is 0.0606 e. The molecule has 2 heteroatoms. The van der Waals surface area contributed by atoms with Crippen molar-refractivity contribution in [2.75, 3.05) is 0 Å². The van der Waals surface area contributed by atoms with Gasteiger partial charge in [-0.1, -0.05) is 50.1 Å². The largest absolute Gasteiger partial charge is 0.393 e. The first-order valence-corrected chi connectivity index (χ1v) is 5.44. The van der Waals surface area contributed by atoms with Gasteiger partial charge in [0.1, 0.15) is 0 Å². The van der Waals surface area contributed by atoms with Gasteiger partial charge < -0.3 is 5.11 Å². The number of halogens is 1. The molecule has 1 aromatic rings. The summed E-state index contributed by atoms with van der Waals surface area (Å²) in [6.45, 7) is 4.14. The first kappa shape index (κ1) is 11.5. The maximum Gasteiger partial charge on any atom is 0.0606 e. The molecule has 0 heterocycles. The topological polar surface area (TPSA) is 20.2 Å². The van der Waals surface area contributed by atoms with Crippen molar-refractivity contribution in [3.63, 3.8) is 0 Å². The molecule has 0 fully saturated rings.